The number of amides is 1. The molecule has 0 radical (unpaired) electrons. The lowest BCUT2D eigenvalue weighted by Gasteiger charge is -2.39. The number of nitrogens with one attached hydrogen (secondary N) is 1. The van der Waals surface area contributed by atoms with Gasteiger partial charge in [-0.05, 0) is 50.4 Å². The van der Waals surface area contributed by atoms with Gasteiger partial charge >= 0.3 is 0 Å². The maximum atomic E-state index is 12.4. The van der Waals surface area contributed by atoms with Gasteiger partial charge in [-0.15, -0.1) is 11.6 Å². The first-order valence-corrected chi connectivity index (χ1v) is 8.62. The van der Waals surface area contributed by atoms with E-state index in [0.717, 1.165) is 43.9 Å². The van der Waals surface area contributed by atoms with E-state index >= 15 is 0 Å². The summed E-state index contributed by atoms with van der Waals surface area (Å²) < 4.78 is 0. The van der Waals surface area contributed by atoms with E-state index in [1.165, 1.54) is 32.1 Å². The minimum Gasteiger partial charge on any atom is -0.352 e. The minimum absolute atomic E-state index is 0.162. The van der Waals surface area contributed by atoms with Crippen LogP contribution in [0.5, 0.6) is 0 Å². The number of carbonyl (C=O) groups is 1. The molecular weight excluding hydrogens is 258 g/mol. The van der Waals surface area contributed by atoms with Crippen molar-refractivity contribution in [2.45, 2.75) is 75.6 Å². The summed E-state index contributed by atoms with van der Waals surface area (Å²) in [6.07, 6.45) is 12.4. The van der Waals surface area contributed by atoms with Gasteiger partial charge in [-0.25, -0.2) is 0 Å². The van der Waals surface area contributed by atoms with Gasteiger partial charge in [0, 0.05) is 12.0 Å². The third kappa shape index (κ3) is 3.09. The van der Waals surface area contributed by atoms with Crippen LogP contribution in [-0.4, -0.2) is 17.3 Å². The Balaban J connectivity index is 1.52. The van der Waals surface area contributed by atoms with Crippen molar-refractivity contribution in [3.8, 4) is 0 Å². The maximum Gasteiger partial charge on any atom is 0.223 e. The molecule has 108 valence electrons. The Morgan fingerprint density at radius 1 is 0.895 bits per heavy atom. The highest BCUT2D eigenvalue weighted by Gasteiger charge is 2.36. The minimum atomic E-state index is 0.162. The van der Waals surface area contributed by atoms with Crippen molar-refractivity contribution in [3.05, 3.63) is 0 Å². The van der Waals surface area contributed by atoms with Crippen LogP contribution in [-0.2, 0) is 4.79 Å². The summed E-state index contributed by atoms with van der Waals surface area (Å²) in [5, 5.41) is 3.38. The Hall–Kier alpha value is -0.240. The van der Waals surface area contributed by atoms with Crippen LogP contribution >= 0.6 is 11.6 Å². The summed E-state index contributed by atoms with van der Waals surface area (Å²) in [6, 6.07) is 0.234. The predicted molar refractivity (Wildman–Crippen MR) is 78.2 cm³/mol. The zero-order valence-corrected chi connectivity index (χ0v) is 12.5. The van der Waals surface area contributed by atoms with Crippen LogP contribution in [0.3, 0.4) is 0 Å². The summed E-state index contributed by atoms with van der Waals surface area (Å²) in [5.74, 6) is 2.31. The SMILES string of the molecule is O=C(NC1CCCC1Cl)C1CCC2CCCCC2C1. The molecule has 0 spiro atoms. The second-order valence-corrected chi connectivity index (χ2v) is 7.44. The third-order valence-electron chi connectivity index (χ3n) is 5.67. The first-order chi connectivity index (χ1) is 9.24. The van der Waals surface area contributed by atoms with Gasteiger partial charge < -0.3 is 5.32 Å². The van der Waals surface area contributed by atoms with Crippen molar-refractivity contribution in [2.75, 3.05) is 0 Å². The highest BCUT2D eigenvalue weighted by atomic mass is 35.5. The van der Waals surface area contributed by atoms with Crippen LogP contribution in [0.15, 0.2) is 0 Å². The van der Waals surface area contributed by atoms with Crippen molar-refractivity contribution >= 4 is 17.5 Å². The van der Waals surface area contributed by atoms with Gasteiger partial charge in [0.1, 0.15) is 0 Å². The smallest absolute Gasteiger partial charge is 0.223 e. The Morgan fingerprint density at radius 2 is 1.68 bits per heavy atom. The van der Waals surface area contributed by atoms with Crippen molar-refractivity contribution in [1.82, 2.24) is 5.32 Å². The standard InChI is InChI=1S/C16H26ClNO/c17-14-6-3-7-15(14)18-16(19)13-9-8-11-4-1-2-5-12(11)10-13/h11-15H,1-10H2,(H,18,19). The average molecular weight is 284 g/mol. The summed E-state index contributed by atoms with van der Waals surface area (Å²) in [7, 11) is 0. The molecule has 3 saturated carbocycles. The van der Waals surface area contributed by atoms with E-state index in [2.05, 4.69) is 5.32 Å². The zero-order valence-electron chi connectivity index (χ0n) is 11.7. The number of carbonyl (C=O) groups excluding carboxylic acids is 1. The molecule has 1 amide bonds. The number of fused-ring (bicyclic) bond motifs is 1. The van der Waals surface area contributed by atoms with E-state index in [1.54, 1.807) is 0 Å². The summed E-state index contributed by atoms with van der Waals surface area (Å²) >= 11 is 6.26. The fraction of sp³-hybridized carbons (Fsp3) is 0.938. The molecule has 3 rings (SSSR count). The second-order valence-electron chi connectivity index (χ2n) is 6.88. The van der Waals surface area contributed by atoms with E-state index in [1.807, 2.05) is 0 Å². The van der Waals surface area contributed by atoms with Gasteiger partial charge in [-0.3, -0.25) is 4.79 Å². The number of alkyl halides is 1. The number of halogens is 1. The lowest BCUT2D eigenvalue weighted by atomic mass is 9.67. The lowest BCUT2D eigenvalue weighted by molar-refractivity contribution is -0.127. The fourth-order valence-corrected chi connectivity index (χ4v) is 4.83. The molecule has 1 N–H and O–H groups in total. The van der Waals surface area contributed by atoms with Crippen molar-refractivity contribution in [3.63, 3.8) is 0 Å². The zero-order chi connectivity index (χ0) is 13.2. The Morgan fingerprint density at radius 3 is 2.42 bits per heavy atom. The average Bonchev–Trinajstić information content (AvgIpc) is 2.84. The molecule has 0 aliphatic heterocycles. The predicted octanol–water partition coefficient (Wildman–Crippen LogP) is 3.87. The van der Waals surface area contributed by atoms with Crippen LogP contribution in [0.4, 0.5) is 0 Å². The molecule has 0 saturated heterocycles. The molecule has 0 aromatic carbocycles. The van der Waals surface area contributed by atoms with E-state index in [-0.39, 0.29) is 17.3 Å². The first kappa shape index (κ1) is 13.7. The molecule has 5 atom stereocenters. The molecule has 3 heteroatoms. The molecular formula is C16H26ClNO. The molecule has 3 fully saturated rings. The number of hydrogen-bond acceptors (Lipinski definition) is 1. The topological polar surface area (TPSA) is 29.1 Å². The molecule has 0 heterocycles. The number of hydrogen-bond donors (Lipinski definition) is 1. The van der Waals surface area contributed by atoms with Gasteiger partial charge in [0.25, 0.3) is 0 Å². The van der Waals surface area contributed by atoms with Crippen molar-refractivity contribution in [2.24, 2.45) is 17.8 Å². The van der Waals surface area contributed by atoms with Gasteiger partial charge in [-0.1, -0.05) is 25.7 Å². The van der Waals surface area contributed by atoms with Crippen LogP contribution in [0.25, 0.3) is 0 Å². The quantitative estimate of drug-likeness (QED) is 0.766. The molecule has 3 aliphatic rings. The van der Waals surface area contributed by atoms with E-state index in [4.69, 9.17) is 11.6 Å². The van der Waals surface area contributed by atoms with E-state index in [0.29, 0.717) is 5.91 Å². The summed E-state index contributed by atoms with van der Waals surface area (Å²) in [4.78, 5) is 12.4. The monoisotopic (exact) mass is 283 g/mol. The third-order valence-corrected chi connectivity index (χ3v) is 6.19. The van der Waals surface area contributed by atoms with Gasteiger partial charge in [0.2, 0.25) is 5.91 Å². The normalized spacial score (nSPS) is 42.7. The highest BCUT2D eigenvalue weighted by Crippen LogP contribution is 2.42. The maximum absolute atomic E-state index is 12.4. The van der Waals surface area contributed by atoms with Crippen LogP contribution in [0.1, 0.15) is 64.2 Å². The molecule has 0 aromatic rings. The van der Waals surface area contributed by atoms with Crippen molar-refractivity contribution < 1.29 is 4.79 Å². The van der Waals surface area contributed by atoms with Crippen LogP contribution < -0.4 is 5.32 Å². The number of rotatable bonds is 2. The summed E-state index contributed by atoms with van der Waals surface area (Å²) in [6.45, 7) is 0. The highest BCUT2D eigenvalue weighted by molar-refractivity contribution is 6.21. The molecule has 2 nitrogen and oxygen atoms in total. The van der Waals surface area contributed by atoms with Crippen LogP contribution in [0.2, 0.25) is 0 Å². The van der Waals surface area contributed by atoms with Crippen LogP contribution in [0, 0.1) is 17.8 Å². The van der Waals surface area contributed by atoms with Gasteiger partial charge in [-0.2, -0.15) is 0 Å². The molecule has 5 unspecified atom stereocenters. The van der Waals surface area contributed by atoms with Crippen molar-refractivity contribution in [1.29, 1.82) is 0 Å². The largest absolute Gasteiger partial charge is 0.352 e. The molecule has 19 heavy (non-hydrogen) atoms. The summed E-state index contributed by atoms with van der Waals surface area (Å²) in [5.41, 5.74) is 0. The molecule has 0 aromatic heterocycles. The van der Waals surface area contributed by atoms with Gasteiger partial charge in [0.05, 0.1) is 5.38 Å². The Bertz CT molecular complexity index is 333. The van der Waals surface area contributed by atoms with E-state index in [9.17, 15) is 4.79 Å². The van der Waals surface area contributed by atoms with E-state index < -0.39 is 0 Å². The second kappa shape index (κ2) is 6.03. The first-order valence-electron chi connectivity index (χ1n) is 8.18. The van der Waals surface area contributed by atoms with Gasteiger partial charge in [0.15, 0.2) is 0 Å². The molecule has 3 aliphatic carbocycles. The fourth-order valence-electron chi connectivity index (χ4n) is 4.49. The Labute approximate surface area is 121 Å². The lowest BCUT2D eigenvalue weighted by Crippen LogP contribution is -2.43. The Kier molecular flexibility index (Phi) is 4.36. The molecule has 0 bridgehead atoms.